The van der Waals surface area contributed by atoms with Crippen molar-refractivity contribution in [2.45, 2.75) is 31.7 Å². The molecule has 0 saturated carbocycles. The van der Waals surface area contributed by atoms with Crippen LogP contribution >= 0.6 is 23.4 Å². The number of amides is 1. The quantitative estimate of drug-likeness (QED) is 0.786. The Morgan fingerprint density at radius 2 is 1.86 bits per heavy atom. The van der Waals surface area contributed by atoms with Crippen LogP contribution in [0.3, 0.4) is 0 Å². The molecule has 0 spiro atoms. The number of hydrogen-bond acceptors (Lipinski definition) is 2. The Labute approximate surface area is 141 Å². The molecule has 2 rings (SSSR count). The van der Waals surface area contributed by atoms with Gasteiger partial charge < -0.3 is 5.32 Å². The van der Waals surface area contributed by atoms with Gasteiger partial charge in [0.25, 0.3) is 0 Å². The van der Waals surface area contributed by atoms with Gasteiger partial charge in [0.2, 0.25) is 5.91 Å². The first-order valence-electron chi connectivity index (χ1n) is 7.20. The smallest absolute Gasteiger partial charge is 0.230 e. The van der Waals surface area contributed by atoms with Crippen LogP contribution in [0.2, 0.25) is 5.02 Å². The number of aryl methyl sites for hydroxylation is 2. The van der Waals surface area contributed by atoms with Gasteiger partial charge in [-0.3, -0.25) is 4.79 Å². The number of halogens is 1. The highest BCUT2D eigenvalue weighted by molar-refractivity contribution is 8.00. The second kappa shape index (κ2) is 7.70. The molecule has 0 radical (unpaired) electrons. The van der Waals surface area contributed by atoms with Crippen molar-refractivity contribution in [1.82, 2.24) is 5.32 Å². The van der Waals surface area contributed by atoms with Gasteiger partial charge in [-0.05, 0) is 56.2 Å². The Balaban J connectivity index is 1.91. The van der Waals surface area contributed by atoms with Crippen molar-refractivity contribution in [3.05, 3.63) is 64.2 Å². The zero-order valence-corrected chi connectivity index (χ0v) is 14.6. The van der Waals surface area contributed by atoms with Gasteiger partial charge in [-0.15, -0.1) is 11.8 Å². The van der Waals surface area contributed by atoms with Crippen LogP contribution in [0.5, 0.6) is 0 Å². The highest BCUT2D eigenvalue weighted by Gasteiger charge is 2.12. The zero-order valence-electron chi connectivity index (χ0n) is 13.0. The number of hydrogen-bond donors (Lipinski definition) is 1. The summed E-state index contributed by atoms with van der Waals surface area (Å²) in [5.41, 5.74) is 3.57. The molecule has 0 aliphatic rings. The maximum atomic E-state index is 12.1. The molecule has 1 atom stereocenters. The van der Waals surface area contributed by atoms with Gasteiger partial charge in [-0.1, -0.05) is 35.4 Å². The van der Waals surface area contributed by atoms with Crippen molar-refractivity contribution in [2.75, 3.05) is 5.75 Å². The summed E-state index contributed by atoms with van der Waals surface area (Å²) in [5.74, 6) is 0.435. The molecule has 0 aliphatic heterocycles. The van der Waals surface area contributed by atoms with E-state index in [1.165, 1.54) is 28.5 Å². The van der Waals surface area contributed by atoms with E-state index in [0.29, 0.717) is 10.8 Å². The van der Waals surface area contributed by atoms with Crippen molar-refractivity contribution in [3.63, 3.8) is 0 Å². The molecule has 0 saturated heterocycles. The Bertz CT molecular complexity index is 655. The number of thioether (sulfide) groups is 1. The average Bonchev–Trinajstić information content (AvgIpc) is 2.49. The average molecular weight is 334 g/mol. The molecule has 2 nitrogen and oxygen atoms in total. The highest BCUT2D eigenvalue weighted by atomic mass is 35.5. The fourth-order valence-corrected chi connectivity index (χ4v) is 3.10. The van der Waals surface area contributed by atoms with E-state index in [-0.39, 0.29) is 11.9 Å². The molecule has 1 unspecified atom stereocenters. The van der Waals surface area contributed by atoms with Gasteiger partial charge in [-0.2, -0.15) is 0 Å². The third-order valence-corrected chi connectivity index (χ3v) is 4.73. The van der Waals surface area contributed by atoms with Crippen molar-refractivity contribution < 1.29 is 4.79 Å². The lowest BCUT2D eigenvalue weighted by atomic mass is 10.00. The summed E-state index contributed by atoms with van der Waals surface area (Å²) in [5, 5.41) is 3.77. The molecule has 0 fully saturated rings. The second-order valence-electron chi connectivity index (χ2n) is 5.39. The van der Waals surface area contributed by atoms with Gasteiger partial charge in [0.15, 0.2) is 0 Å². The van der Waals surface area contributed by atoms with E-state index >= 15 is 0 Å². The third kappa shape index (κ3) is 4.79. The van der Waals surface area contributed by atoms with Crippen LogP contribution in [0.15, 0.2) is 47.4 Å². The molecular formula is C18H20ClNOS. The maximum Gasteiger partial charge on any atom is 0.230 e. The second-order valence-corrected chi connectivity index (χ2v) is 6.88. The van der Waals surface area contributed by atoms with Crippen molar-refractivity contribution >= 4 is 29.3 Å². The maximum absolute atomic E-state index is 12.1. The fourth-order valence-electron chi connectivity index (χ4n) is 2.27. The summed E-state index contributed by atoms with van der Waals surface area (Å²) in [6.07, 6.45) is 0. The molecule has 0 aromatic heterocycles. The van der Waals surface area contributed by atoms with Crippen LogP contribution in [0.1, 0.15) is 29.7 Å². The minimum atomic E-state index is 0.0122. The van der Waals surface area contributed by atoms with Crippen LogP contribution in [-0.4, -0.2) is 11.7 Å². The molecule has 22 heavy (non-hydrogen) atoms. The number of rotatable bonds is 5. The van der Waals surface area contributed by atoms with Crippen LogP contribution in [0.25, 0.3) is 0 Å². The van der Waals surface area contributed by atoms with Crippen LogP contribution in [0, 0.1) is 13.8 Å². The first-order chi connectivity index (χ1) is 10.5. The first-order valence-corrected chi connectivity index (χ1v) is 8.57. The normalized spacial score (nSPS) is 12.0. The summed E-state index contributed by atoms with van der Waals surface area (Å²) in [4.78, 5) is 13.1. The van der Waals surface area contributed by atoms with Crippen LogP contribution in [0.4, 0.5) is 0 Å². The Kier molecular flexibility index (Phi) is 5.92. The highest BCUT2D eigenvalue weighted by Crippen LogP contribution is 2.22. The molecule has 0 aliphatic carbocycles. The van der Waals surface area contributed by atoms with Crippen molar-refractivity contribution in [2.24, 2.45) is 0 Å². The van der Waals surface area contributed by atoms with Gasteiger partial charge >= 0.3 is 0 Å². The Morgan fingerprint density at radius 1 is 1.18 bits per heavy atom. The molecular weight excluding hydrogens is 314 g/mol. The summed E-state index contributed by atoms with van der Waals surface area (Å²) in [7, 11) is 0. The Hall–Kier alpha value is -1.45. The van der Waals surface area contributed by atoms with E-state index in [2.05, 4.69) is 37.4 Å². The van der Waals surface area contributed by atoms with Crippen LogP contribution < -0.4 is 5.32 Å². The molecule has 2 aromatic carbocycles. The van der Waals surface area contributed by atoms with E-state index in [9.17, 15) is 4.79 Å². The fraction of sp³-hybridized carbons (Fsp3) is 0.278. The number of carbonyl (C=O) groups is 1. The molecule has 116 valence electrons. The zero-order chi connectivity index (χ0) is 16.1. The first kappa shape index (κ1) is 16.9. The minimum absolute atomic E-state index is 0.0122. The van der Waals surface area contributed by atoms with Crippen molar-refractivity contribution in [3.8, 4) is 0 Å². The summed E-state index contributed by atoms with van der Waals surface area (Å²) in [6.45, 7) is 6.15. The summed E-state index contributed by atoms with van der Waals surface area (Å²) < 4.78 is 0. The van der Waals surface area contributed by atoms with Gasteiger partial charge in [-0.25, -0.2) is 0 Å². The van der Waals surface area contributed by atoms with E-state index in [1.54, 1.807) is 0 Å². The lowest BCUT2D eigenvalue weighted by Crippen LogP contribution is -2.28. The molecule has 1 N–H and O–H groups in total. The lowest BCUT2D eigenvalue weighted by molar-refractivity contribution is -0.119. The lowest BCUT2D eigenvalue weighted by Gasteiger charge is -2.17. The topological polar surface area (TPSA) is 29.1 Å². The van der Waals surface area contributed by atoms with Gasteiger partial charge in [0, 0.05) is 9.92 Å². The van der Waals surface area contributed by atoms with Crippen molar-refractivity contribution in [1.29, 1.82) is 0 Å². The molecule has 2 aromatic rings. The van der Waals surface area contributed by atoms with E-state index in [0.717, 1.165) is 4.90 Å². The molecule has 0 heterocycles. The predicted molar refractivity (Wildman–Crippen MR) is 94.6 cm³/mol. The molecule has 1 amide bonds. The number of benzene rings is 2. The number of nitrogens with one attached hydrogen (secondary N) is 1. The van der Waals surface area contributed by atoms with Gasteiger partial charge in [0.1, 0.15) is 0 Å². The van der Waals surface area contributed by atoms with Gasteiger partial charge in [0.05, 0.1) is 11.8 Å². The Morgan fingerprint density at radius 3 is 2.55 bits per heavy atom. The number of carbonyl (C=O) groups excluding carboxylic acids is 1. The van der Waals surface area contributed by atoms with E-state index < -0.39 is 0 Å². The van der Waals surface area contributed by atoms with Crippen LogP contribution in [-0.2, 0) is 4.79 Å². The SMILES string of the molecule is Cc1ccc(C)c(C(C)NC(=O)CSc2ccc(Cl)cc2)c1. The van der Waals surface area contributed by atoms with E-state index in [4.69, 9.17) is 11.6 Å². The molecule has 0 bridgehead atoms. The van der Waals surface area contributed by atoms with E-state index in [1.807, 2.05) is 31.2 Å². The summed E-state index contributed by atoms with van der Waals surface area (Å²) >= 11 is 7.36. The summed E-state index contributed by atoms with van der Waals surface area (Å²) in [6, 6.07) is 13.8. The monoisotopic (exact) mass is 333 g/mol. The minimum Gasteiger partial charge on any atom is -0.349 e. The standard InChI is InChI=1S/C18H20ClNOS/c1-12-4-5-13(2)17(10-12)14(3)20-18(21)11-22-16-8-6-15(19)7-9-16/h4-10,14H,11H2,1-3H3,(H,20,21). The third-order valence-electron chi connectivity index (χ3n) is 3.46. The predicted octanol–water partition coefficient (Wildman–Crippen LogP) is 4.93. The largest absolute Gasteiger partial charge is 0.349 e. The molecule has 4 heteroatoms.